The van der Waals surface area contributed by atoms with Gasteiger partial charge < -0.3 is 4.74 Å². The Balaban J connectivity index is 2.43. The maximum absolute atomic E-state index is 11.9. The molecule has 0 spiro atoms. The largest absolute Gasteiger partial charge is 0.468 e. The smallest absolute Gasteiger partial charge is 0.317 e. The highest BCUT2D eigenvalue weighted by Crippen LogP contribution is 2.66. The summed E-state index contributed by atoms with van der Waals surface area (Å²) in [4.78, 5) is 13.0. The third-order valence-electron chi connectivity index (χ3n) is 3.27. The van der Waals surface area contributed by atoms with Gasteiger partial charge in [-0.2, -0.15) is 0 Å². The standard InChI is InChI=1S/C11H13BrO2S/c1-10(2)6-11(10,9(13)14-3)7-4-5-8(12)15-7/h4-5H,6H2,1-3H3. The average Bonchev–Trinajstić information content (AvgIpc) is 2.56. The van der Waals surface area contributed by atoms with E-state index in [1.165, 1.54) is 7.11 Å². The van der Waals surface area contributed by atoms with Crippen molar-refractivity contribution in [1.82, 2.24) is 0 Å². The maximum Gasteiger partial charge on any atom is 0.317 e. The van der Waals surface area contributed by atoms with Crippen LogP contribution >= 0.6 is 27.3 Å². The lowest BCUT2D eigenvalue weighted by atomic mass is 9.94. The monoisotopic (exact) mass is 288 g/mol. The van der Waals surface area contributed by atoms with Gasteiger partial charge in [0.25, 0.3) is 0 Å². The van der Waals surface area contributed by atoms with E-state index < -0.39 is 5.41 Å². The Kier molecular flexibility index (Phi) is 2.47. The summed E-state index contributed by atoms with van der Waals surface area (Å²) in [5, 5.41) is 0. The van der Waals surface area contributed by atoms with Gasteiger partial charge >= 0.3 is 5.97 Å². The lowest BCUT2D eigenvalue weighted by molar-refractivity contribution is -0.144. The Morgan fingerprint density at radius 3 is 2.47 bits per heavy atom. The first kappa shape index (κ1) is 11.1. The van der Waals surface area contributed by atoms with E-state index in [9.17, 15) is 4.79 Å². The van der Waals surface area contributed by atoms with Crippen molar-refractivity contribution < 1.29 is 9.53 Å². The number of esters is 1. The Labute approximate surface area is 102 Å². The highest BCUT2D eigenvalue weighted by atomic mass is 79.9. The SMILES string of the molecule is COC(=O)C1(c2ccc(Br)s2)CC1(C)C. The Morgan fingerprint density at radius 2 is 2.13 bits per heavy atom. The third-order valence-corrected chi connectivity index (χ3v) is 5.05. The lowest BCUT2D eigenvalue weighted by Gasteiger charge is -2.15. The molecule has 1 saturated carbocycles. The van der Waals surface area contributed by atoms with Gasteiger partial charge in [-0.15, -0.1) is 11.3 Å². The number of hydrogen-bond donors (Lipinski definition) is 0. The van der Waals surface area contributed by atoms with E-state index in [2.05, 4.69) is 29.8 Å². The van der Waals surface area contributed by atoms with E-state index in [1.54, 1.807) is 11.3 Å². The molecule has 1 atom stereocenters. The molecule has 1 aliphatic carbocycles. The van der Waals surface area contributed by atoms with E-state index >= 15 is 0 Å². The Morgan fingerprint density at radius 1 is 1.53 bits per heavy atom. The number of hydrogen-bond acceptors (Lipinski definition) is 3. The molecular formula is C11H13BrO2S. The van der Waals surface area contributed by atoms with Gasteiger partial charge in [0, 0.05) is 4.88 Å². The number of carbonyl (C=O) groups excluding carboxylic acids is 1. The van der Waals surface area contributed by atoms with Crippen LogP contribution in [0.25, 0.3) is 0 Å². The van der Waals surface area contributed by atoms with Crippen LogP contribution in [0.5, 0.6) is 0 Å². The molecule has 0 saturated heterocycles. The number of rotatable bonds is 2. The summed E-state index contributed by atoms with van der Waals surface area (Å²) in [5.74, 6) is -0.109. The number of thiophene rings is 1. The molecule has 2 rings (SSSR count). The van der Waals surface area contributed by atoms with Gasteiger partial charge in [0.05, 0.1) is 10.9 Å². The minimum atomic E-state index is -0.404. The fourth-order valence-electron chi connectivity index (χ4n) is 2.21. The molecule has 1 aliphatic rings. The van der Waals surface area contributed by atoms with E-state index in [4.69, 9.17) is 4.74 Å². The first-order valence-corrected chi connectivity index (χ1v) is 6.39. The molecule has 1 aromatic heterocycles. The summed E-state index contributed by atoms with van der Waals surface area (Å²) < 4.78 is 5.99. The molecule has 1 unspecified atom stereocenters. The molecule has 1 fully saturated rings. The van der Waals surface area contributed by atoms with Gasteiger partial charge in [-0.05, 0) is 39.9 Å². The van der Waals surface area contributed by atoms with Crippen molar-refractivity contribution in [2.24, 2.45) is 5.41 Å². The van der Waals surface area contributed by atoms with Gasteiger partial charge in [0.2, 0.25) is 0 Å². The molecule has 0 amide bonds. The third kappa shape index (κ3) is 1.46. The second-order valence-electron chi connectivity index (χ2n) is 4.56. The zero-order valence-corrected chi connectivity index (χ0v) is 11.4. The average molecular weight is 289 g/mol. The number of carbonyl (C=O) groups is 1. The highest BCUT2D eigenvalue weighted by molar-refractivity contribution is 9.11. The van der Waals surface area contributed by atoms with Crippen LogP contribution < -0.4 is 0 Å². The van der Waals surface area contributed by atoms with E-state index in [0.717, 1.165) is 15.1 Å². The molecule has 0 aromatic carbocycles. The van der Waals surface area contributed by atoms with Crippen LogP contribution in [0.4, 0.5) is 0 Å². The number of halogens is 1. The molecule has 1 aromatic rings. The normalized spacial score (nSPS) is 27.5. The predicted molar refractivity (Wildman–Crippen MR) is 64.1 cm³/mol. The first-order chi connectivity index (χ1) is 6.94. The van der Waals surface area contributed by atoms with Crippen LogP contribution in [0.2, 0.25) is 0 Å². The van der Waals surface area contributed by atoms with Crippen LogP contribution in [0.15, 0.2) is 15.9 Å². The van der Waals surface area contributed by atoms with Gasteiger partial charge in [-0.1, -0.05) is 13.8 Å². The van der Waals surface area contributed by atoms with E-state index in [0.29, 0.717) is 0 Å². The summed E-state index contributed by atoms with van der Waals surface area (Å²) in [7, 11) is 1.46. The topological polar surface area (TPSA) is 26.3 Å². The second-order valence-corrected chi connectivity index (χ2v) is 7.02. The van der Waals surface area contributed by atoms with Crippen LogP contribution in [0.1, 0.15) is 25.1 Å². The lowest BCUT2D eigenvalue weighted by Crippen LogP contribution is -2.26. The van der Waals surface area contributed by atoms with Gasteiger partial charge in [0.1, 0.15) is 5.41 Å². The van der Waals surface area contributed by atoms with Gasteiger partial charge in [0.15, 0.2) is 0 Å². The molecule has 15 heavy (non-hydrogen) atoms. The molecule has 4 heteroatoms. The molecule has 0 bridgehead atoms. The second kappa shape index (κ2) is 3.32. The van der Waals surface area contributed by atoms with Crippen molar-refractivity contribution in [2.75, 3.05) is 7.11 Å². The zero-order chi connectivity index (χ0) is 11.3. The van der Waals surface area contributed by atoms with Crippen LogP contribution in [-0.4, -0.2) is 13.1 Å². The summed E-state index contributed by atoms with van der Waals surface area (Å²) in [6.07, 6.45) is 0.875. The van der Waals surface area contributed by atoms with Crippen molar-refractivity contribution >= 4 is 33.2 Å². The Hall–Kier alpha value is -0.350. The van der Waals surface area contributed by atoms with E-state index in [-0.39, 0.29) is 11.4 Å². The molecule has 2 nitrogen and oxygen atoms in total. The predicted octanol–water partition coefficient (Wildman–Crippen LogP) is 3.35. The van der Waals surface area contributed by atoms with Gasteiger partial charge in [-0.25, -0.2) is 0 Å². The molecule has 0 aliphatic heterocycles. The molecule has 82 valence electrons. The summed E-state index contributed by atoms with van der Waals surface area (Å²) in [6, 6.07) is 4.00. The molecule has 0 N–H and O–H groups in total. The maximum atomic E-state index is 11.9. The Bertz CT molecular complexity index is 410. The fourth-order valence-corrected chi connectivity index (χ4v) is 3.95. The zero-order valence-electron chi connectivity index (χ0n) is 8.96. The van der Waals surface area contributed by atoms with Crippen molar-refractivity contribution in [3.63, 3.8) is 0 Å². The fraction of sp³-hybridized carbons (Fsp3) is 0.545. The summed E-state index contributed by atoms with van der Waals surface area (Å²) in [5.41, 5.74) is -0.386. The van der Waals surface area contributed by atoms with E-state index in [1.807, 2.05) is 12.1 Å². The van der Waals surface area contributed by atoms with Crippen LogP contribution in [0, 0.1) is 5.41 Å². The first-order valence-electron chi connectivity index (χ1n) is 4.78. The number of methoxy groups -OCH3 is 1. The van der Waals surface area contributed by atoms with Gasteiger partial charge in [-0.3, -0.25) is 4.79 Å². The van der Waals surface area contributed by atoms with Crippen LogP contribution in [-0.2, 0) is 14.9 Å². The quantitative estimate of drug-likeness (QED) is 0.780. The highest BCUT2D eigenvalue weighted by Gasteiger charge is 2.68. The summed E-state index contributed by atoms with van der Waals surface area (Å²) in [6.45, 7) is 4.22. The number of ether oxygens (including phenoxy) is 1. The van der Waals surface area contributed by atoms with Crippen molar-refractivity contribution in [3.05, 3.63) is 20.8 Å². The minimum absolute atomic E-state index is 0.0182. The minimum Gasteiger partial charge on any atom is -0.468 e. The van der Waals surface area contributed by atoms with Crippen molar-refractivity contribution in [1.29, 1.82) is 0 Å². The van der Waals surface area contributed by atoms with Crippen LogP contribution in [0.3, 0.4) is 0 Å². The molecule has 1 heterocycles. The molecule has 0 radical (unpaired) electrons. The van der Waals surface area contributed by atoms with Crippen molar-refractivity contribution in [3.8, 4) is 0 Å². The van der Waals surface area contributed by atoms with Crippen molar-refractivity contribution in [2.45, 2.75) is 25.7 Å². The summed E-state index contributed by atoms with van der Waals surface area (Å²) >= 11 is 5.05. The molecular weight excluding hydrogens is 276 g/mol.